The molecule has 1 aromatic carbocycles. The Kier molecular flexibility index (Phi) is 4.29. The fourth-order valence-corrected chi connectivity index (χ4v) is 3.59. The molecule has 114 valence electrons. The summed E-state index contributed by atoms with van der Waals surface area (Å²) in [5, 5.41) is 3.75. The minimum Gasteiger partial charge on any atom is -0.327 e. The molecular weight excluding hydrogens is 258 g/mol. The molecule has 0 saturated heterocycles. The van der Waals surface area contributed by atoms with Gasteiger partial charge >= 0.3 is 0 Å². The second-order valence-corrected chi connectivity index (χ2v) is 6.72. The molecule has 0 aliphatic heterocycles. The van der Waals surface area contributed by atoms with Crippen LogP contribution in [0.5, 0.6) is 0 Å². The van der Waals surface area contributed by atoms with E-state index in [4.69, 9.17) is 0 Å². The van der Waals surface area contributed by atoms with Crippen LogP contribution >= 0.6 is 0 Å². The molecule has 3 rings (SSSR count). The molecule has 0 bridgehead atoms. The molecule has 2 aromatic rings. The van der Waals surface area contributed by atoms with Crippen molar-refractivity contribution in [3.05, 3.63) is 30.1 Å². The molecule has 3 nitrogen and oxygen atoms in total. The van der Waals surface area contributed by atoms with Crippen molar-refractivity contribution in [1.29, 1.82) is 0 Å². The van der Waals surface area contributed by atoms with Crippen LogP contribution in [0.1, 0.15) is 38.9 Å². The second kappa shape index (κ2) is 6.18. The van der Waals surface area contributed by atoms with E-state index in [0.717, 1.165) is 36.3 Å². The van der Waals surface area contributed by atoms with Crippen LogP contribution in [0, 0.1) is 18.8 Å². The van der Waals surface area contributed by atoms with E-state index < -0.39 is 0 Å². The molecule has 1 aromatic heterocycles. The predicted octanol–water partition coefficient (Wildman–Crippen LogP) is 3.76. The highest BCUT2D eigenvalue weighted by Gasteiger charge is 2.23. The summed E-state index contributed by atoms with van der Waals surface area (Å²) in [4.78, 5) is 4.64. The SMILES string of the molecule is Cc1nc2ccccc2n1CCNC1CCC(C)C(C)C1. The van der Waals surface area contributed by atoms with E-state index in [1.807, 2.05) is 0 Å². The second-order valence-electron chi connectivity index (χ2n) is 6.72. The molecule has 1 fully saturated rings. The highest BCUT2D eigenvalue weighted by Crippen LogP contribution is 2.29. The summed E-state index contributed by atoms with van der Waals surface area (Å²) < 4.78 is 2.33. The lowest BCUT2D eigenvalue weighted by Gasteiger charge is -2.32. The number of nitrogens with zero attached hydrogens (tertiary/aromatic N) is 2. The average Bonchev–Trinajstić information content (AvgIpc) is 2.79. The fraction of sp³-hybridized carbons (Fsp3) is 0.611. The van der Waals surface area contributed by atoms with Gasteiger partial charge in [-0.3, -0.25) is 0 Å². The molecule has 3 unspecified atom stereocenters. The van der Waals surface area contributed by atoms with Gasteiger partial charge < -0.3 is 9.88 Å². The first-order valence-electron chi connectivity index (χ1n) is 8.30. The number of aromatic nitrogens is 2. The van der Waals surface area contributed by atoms with Crippen LogP contribution in [0.2, 0.25) is 0 Å². The Morgan fingerprint density at radius 3 is 2.81 bits per heavy atom. The van der Waals surface area contributed by atoms with Crippen LogP contribution in [0.25, 0.3) is 11.0 Å². The maximum atomic E-state index is 4.64. The third kappa shape index (κ3) is 3.13. The largest absolute Gasteiger partial charge is 0.327 e. The summed E-state index contributed by atoms with van der Waals surface area (Å²) in [5.41, 5.74) is 2.36. The lowest BCUT2D eigenvalue weighted by atomic mass is 9.79. The molecule has 0 amide bonds. The van der Waals surface area contributed by atoms with Crippen LogP contribution in [0.3, 0.4) is 0 Å². The van der Waals surface area contributed by atoms with Crippen LogP contribution in [-0.4, -0.2) is 22.1 Å². The van der Waals surface area contributed by atoms with Gasteiger partial charge in [-0.25, -0.2) is 4.98 Å². The van der Waals surface area contributed by atoms with Gasteiger partial charge in [0.05, 0.1) is 11.0 Å². The quantitative estimate of drug-likeness (QED) is 0.927. The number of rotatable bonds is 4. The zero-order valence-corrected chi connectivity index (χ0v) is 13.5. The monoisotopic (exact) mass is 285 g/mol. The minimum absolute atomic E-state index is 0.700. The van der Waals surface area contributed by atoms with Crippen molar-refractivity contribution >= 4 is 11.0 Å². The van der Waals surface area contributed by atoms with Gasteiger partial charge in [-0.05, 0) is 50.2 Å². The molecule has 1 saturated carbocycles. The van der Waals surface area contributed by atoms with Crippen LogP contribution in [0.15, 0.2) is 24.3 Å². The lowest BCUT2D eigenvalue weighted by Crippen LogP contribution is -2.37. The highest BCUT2D eigenvalue weighted by molar-refractivity contribution is 5.75. The van der Waals surface area contributed by atoms with Crippen molar-refractivity contribution in [3.63, 3.8) is 0 Å². The van der Waals surface area contributed by atoms with Crippen molar-refractivity contribution in [2.75, 3.05) is 6.54 Å². The third-order valence-electron chi connectivity index (χ3n) is 5.21. The predicted molar refractivity (Wildman–Crippen MR) is 88.4 cm³/mol. The first kappa shape index (κ1) is 14.6. The summed E-state index contributed by atoms with van der Waals surface area (Å²) in [6.07, 6.45) is 4.02. The smallest absolute Gasteiger partial charge is 0.106 e. The van der Waals surface area contributed by atoms with Gasteiger partial charge in [0.1, 0.15) is 5.82 Å². The Hall–Kier alpha value is -1.35. The van der Waals surface area contributed by atoms with E-state index in [1.165, 1.54) is 24.8 Å². The molecule has 1 N–H and O–H groups in total. The molecule has 0 radical (unpaired) electrons. The van der Waals surface area contributed by atoms with Gasteiger partial charge in [0.2, 0.25) is 0 Å². The summed E-state index contributed by atoms with van der Waals surface area (Å²) in [6.45, 7) is 8.93. The molecular formula is C18H27N3. The number of benzene rings is 1. The summed E-state index contributed by atoms with van der Waals surface area (Å²) in [7, 11) is 0. The molecule has 1 aliphatic rings. The topological polar surface area (TPSA) is 29.9 Å². The number of para-hydroxylation sites is 2. The molecule has 0 spiro atoms. The Labute approximate surface area is 127 Å². The summed E-state index contributed by atoms with van der Waals surface area (Å²) >= 11 is 0. The third-order valence-corrected chi connectivity index (χ3v) is 5.21. The van der Waals surface area contributed by atoms with Crippen LogP contribution < -0.4 is 5.32 Å². The molecule has 3 heteroatoms. The van der Waals surface area contributed by atoms with Gasteiger partial charge in [0, 0.05) is 19.1 Å². The van der Waals surface area contributed by atoms with Crippen molar-refractivity contribution in [2.45, 2.75) is 52.6 Å². The number of fused-ring (bicyclic) bond motifs is 1. The normalized spacial score (nSPS) is 26.3. The van der Waals surface area contributed by atoms with E-state index in [0.29, 0.717) is 6.04 Å². The van der Waals surface area contributed by atoms with Crippen molar-refractivity contribution in [2.24, 2.45) is 11.8 Å². The Morgan fingerprint density at radius 1 is 1.19 bits per heavy atom. The number of aryl methyl sites for hydroxylation is 1. The molecule has 21 heavy (non-hydrogen) atoms. The Balaban J connectivity index is 1.59. The summed E-state index contributed by atoms with van der Waals surface area (Å²) in [6, 6.07) is 9.11. The lowest BCUT2D eigenvalue weighted by molar-refractivity contribution is 0.225. The average molecular weight is 285 g/mol. The first-order valence-corrected chi connectivity index (χ1v) is 8.30. The van der Waals surface area contributed by atoms with Gasteiger partial charge in [-0.15, -0.1) is 0 Å². The highest BCUT2D eigenvalue weighted by atomic mass is 15.1. The standard InChI is InChI=1S/C18H27N3/c1-13-8-9-16(12-14(13)2)19-10-11-21-15(3)20-17-6-4-5-7-18(17)21/h4-7,13-14,16,19H,8-12H2,1-3H3. The zero-order valence-electron chi connectivity index (χ0n) is 13.5. The molecule has 3 atom stereocenters. The van der Waals surface area contributed by atoms with Crippen molar-refractivity contribution in [1.82, 2.24) is 14.9 Å². The fourth-order valence-electron chi connectivity index (χ4n) is 3.59. The van der Waals surface area contributed by atoms with E-state index in [-0.39, 0.29) is 0 Å². The maximum absolute atomic E-state index is 4.64. The zero-order chi connectivity index (χ0) is 14.8. The number of nitrogens with one attached hydrogen (secondary N) is 1. The number of hydrogen-bond donors (Lipinski definition) is 1. The van der Waals surface area contributed by atoms with Crippen LogP contribution in [-0.2, 0) is 6.54 Å². The Bertz CT molecular complexity index is 602. The van der Waals surface area contributed by atoms with Gasteiger partial charge in [-0.2, -0.15) is 0 Å². The first-order chi connectivity index (χ1) is 10.1. The van der Waals surface area contributed by atoms with E-state index in [9.17, 15) is 0 Å². The number of hydrogen-bond acceptors (Lipinski definition) is 2. The van der Waals surface area contributed by atoms with Gasteiger partial charge in [0.25, 0.3) is 0 Å². The maximum Gasteiger partial charge on any atom is 0.106 e. The summed E-state index contributed by atoms with van der Waals surface area (Å²) in [5.74, 6) is 2.86. The van der Waals surface area contributed by atoms with Crippen LogP contribution in [0.4, 0.5) is 0 Å². The van der Waals surface area contributed by atoms with E-state index >= 15 is 0 Å². The molecule has 1 heterocycles. The van der Waals surface area contributed by atoms with Crippen molar-refractivity contribution in [3.8, 4) is 0 Å². The van der Waals surface area contributed by atoms with Gasteiger partial charge in [0.15, 0.2) is 0 Å². The molecule has 1 aliphatic carbocycles. The van der Waals surface area contributed by atoms with E-state index in [2.05, 4.69) is 59.9 Å². The van der Waals surface area contributed by atoms with E-state index in [1.54, 1.807) is 0 Å². The van der Waals surface area contributed by atoms with Crippen molar-refractivity contribution < 1.29 is 0 Å². The minimum atomic E-state index is 0.700. The number of imidazole rings is 1. The van der Waals surface area contributed by atoms with Gasteiger partial charge in [-0.1, -0.05) is 26.0 Å². The Morgan fingerprint density at radius 2 is 2.00 bits per heavy atom.